The molecule has 0 aliphatic heterocycles. The first-order valence-corrected chi connectivity index (χ1v) is 15.9. The largest absolute Gasteiger partial charge is 0.368 e. The van der Waals surface area contributed by atoms with Crippen molar-refractivity contribution in [1.29, 1.82) is 0 Å². The molecule has 4 aromatic rings. The number of H-pyrrole nitrogens is 1. The number of terminal acetylenes is 1. The molecule has 5 rings (SSSR count). The van der Waals surface area contributed by atoms with E-state index in [1.54, 1.807) is 50.2 Å². The second kappa shape index (κ2) is 10.0. The molecule has 1 aliphatic carbocycles. The fourth-order valence-corrected chi connectivity index (χ4v) is 6.46. The van der Waals surface area contributed by atoms with Crippen LogP contribution in [0.15, 0.2) is 42.5 Å². The summed E-state index contributed by atoms with van der Waals surface area (Å²) in [5, 5.41) is -0.767. The van der Waals surface area contributed by atoms with Gasteiger partial charge in [0.25, 0.3) is 10.1 Å². The van der Waals surface area contributed by atoms with Gasteiger partial charge in [-0.15, -0.1) is 6.42 Å². The third kappa shape index (κ3) is 5.10. The van der Waals surface area contributed by atoms with Crippen molar-refractivity contribution in [1.82, 2.24) is 18.9 Å². The van der Waals surface area contributed by atoms with E-state index in [1.807, 2.05) is 0 Å². The summed E-state index contributed by atoms with van der Waals surface area (Å²) in [6.45, 7) is 3.08. The minimum Gasteiger partial charge on any atom is -0.368 e. The van der Waals surface area contributed by atoms with Gasteiger partial charge in [0, 0.05) is 11.1 Å². The summed E-state index contributed by atoms with van der Waals surface area (Å²) in [6, 6.07) is 11.0. The fraction of sp³-hybridized carbons (Fsp3) is 0.333. The minimum atomic E-state index is -3.88. The van der Waals surface area contributed by atoms with Gasteiger partial charge in [-0.3, -0.25) is 4.18 Å². The number of hydrogen-bond donors (Lipinski definition) is 2. The number of nitrogen functional groups attached to an aromatic ring is 1. The van der Waals surface area contributed by atoms with Crippen LogP contribution in [-0.2, 0) is 24.3 Å². The van der Waals surface area contributed by atoms with Crippen LogP contribution in [0.4, 0.5) is 10.3 Å². The molecule has 0 radical (unpaired) electrons. The highest BCUT2D eigenvalue weighted by Gasteiger charge is 2.41. The highest BCUT2D eigenvalue weighted by molar-refractivity contribution is 7.90. The van der Waals surface area contributed by atoms with Crippen molar-refractivity contribution in [2.45, 2.75) is 44.0 Å². The topological polar surface area (TPSA) is 150 Å². The van der Waals surface area contributed by atoms with Crippen molar-refractivity contribution in [3.05, 3.63) is 54.1 Å². The summed E-state index contributed by atoms with van der Waals surface area (Å²) in [7, 11) is -7.74. The van der Waals surface area contributed by atoms with Crippen molar-refractivity contribution in [2.75, 3.05) is 12.0 Å². The molecule has 0 spiro atoms. The van der Waals surface area contributed by atoms with Crippen molar-refractivity contribution < 1.29 is 25.4 Å². The Morgan fingerprint density at radius 1 is 1.15 bits per heavy atom. The maximum Gasteiger partial charge on any atom is 0.265 e. The van der Waals surface area contributed by atoms with E-state index in [-0.39, 0.29) is 22.9 Å². The zero-order valence-electron chi connectivity index (χ0n) is 22.0. The number of fused-ring (bicyclic) bond motifs is 1. The third-order valence-electron chi connectivity index (χ3n) is 6.84. The highest BCUT2D eigenvalue weighted by atomic mass is 32.2. The fourth-order valence-electron chi connectivity index (χ4n) is 4.76. The molecule has 210 valence electrons. The summed E-state index contributed by atoms with van der Waals surface area (Å²) >= 11 is 0. The Bertz CT molecular complexity index is 1870. The van der Waals surface area contributed by atoms with E-state index >= 15 is 4.39 Å². The van der Waals surface area contributed by atoms with Gasteiger partial charge in [0.15, 0.2) is 0 Å². The molecular weight excluding hydrogens is 557 g/mol. The highest BCUT2D eigenvalue weighted by Crippen LogP contribution is 2.46. The van der Waals surface area contributed by atoms with Crippen LogP contribution in [0.3, 0.4) is 0 Å². The second-order valence-electron chi connectivity index (χ2n) is 10.1. The van der Waals surface area contributed by atoms with Crippen LogP contribution in [0, 0.1) is 24.1 Å². The molecule has 1 fully saturated rings. The lowest BCUT2D eigenvalue weighted by Crippen LogP contribution is -2.26. The van der Waals surface area contributed by atoms with Gasteiger partial charge in [-0.2, -0.15) is 8.42 Å². The number of halogens is 1. The first kappa shape index (κ1) is 27.8. The van der Waals surface area contributed by atoms with Crippen LogP contribution in [-0.4, -0.2) is 53.4 Å². The Morgan fingerprint density at radius 3 is 2.45 bits per heavy atom. The van der Waals surface area contributed by atoms with Gasteiger partial charge < -0.3 is 10.7 Å². The predicted molar refractivity (Wildman–Crippen MR) is 151 cm³/mol. The molecule has 0 bridgehead atoms. The van der Waals surface area contributed by atoms with E-state index in [4.69, 9.17) is 21.3 Å². The molecule has 10 nitrogen and oxygen atoms in total. The van der Waals surface area contributed by atoms with Gasteiger partial charge in [-0.25, -0.2) is 26.7 Å². The summed E-state index contributed by atoms with van der Waals surface area (Å²) < 4.78 is 71.4. The number of nitrogens with one attached hydrogen (secondary N) is 1. The van der Waals surface area contributed by atoms with Crippen LogP contribution in [0.5, 0.6) is 0 Å². The molecule has 2 aromatic carbocycles. The molecule has 1 saturated carbocycles. The monoisotopic (exact) mass is 585 g/mol. The first-order chi connectivity index (χ1) is 18.8. The third-order valence-corrected chi connectivity index (χ3v) is 9.48. The van der Waals surface area contributed by atoms with Crippen molar-refractivity contribution in [3.63, 3.8) is 0 Å². The number of aromatic amines is 1. The van der Waals surface area contributed by atoms with Gasteiger partial charge in [-0.1, -0.05) is 24.1 Å². The lowest BCUT2D eigenvalue weighted by atomic mass is 9.96. The van der Waals surface area contributed by atoms with E-state index in [0.29, 0.717) is 28.3 Å². The van der Waals surface area contributed by atoms with E-state index < -0.39 is 43.2 Å². The van der Waals surface area contributed by atoms with Crippen molar-refractivity contribution in [3.8, 4) is 34.9 Å². The van der Waals surface area contributed by atoms with Crippen LogP contribution < -0.4 is 5.73 Å². The molecule has 1 aliphatic rings. The Kier molecular flexibility index (Phi) is 6.98. The van der Waals surface area contributed by atoms with Crippen LogP contribution >= 0.6 is 0 Å². The number of rotatable bonds is 9. The van der Waals surface area contributed by atoms with Crippen molar-refractivity contribution >= 4 is 37.1 Å². The Hall–Kier alpha value is -3.73. The Morgan fingerprint density at radius 2 is 1.85 bits per heavy atom. The molecule has 13 heteroatoms. The first-order valence-electron chi connectivity index (χ1n) is 12.5. The average Bonchev–Trinajstić information content (AvgIpc) is 3.51. The van der Waals surface area contributed by atoms with Gasteiger partial charge in [0.1, 0.15) is 17.7 Å². The van der Waals surface area contributed by atoms with Crippen LogP contribution in [0.2, 0.25) is 0 Å². The Labute approximate surface area is 232 Å². The normalized spacial score (nSPS) is 15.8. The SMILES string of the molecule is C#CC(OS(C)(=O)=O)C(c1nc(-c2ccc3nc(N)n(S(=O)(=O)C(C)C)c3c2)c(-c2ccccc2F)[nH]1)C1CC1. The molecule has 2 unspecified atom stereocenters. The predicted octanol–water partition coefficient (Wildman–Crippen LogP) is 3.87. The molecule has 2 heterocycles. The van der Waals surface area contributed by atoms with E-state index in [9.17, 15) is 16.8 Å². The Balaban J connectivity index is 1.74. The number of aromatic nitrogens is 4. The molecule has 40 heavy (non-hydrogen) atoms. The van der Waals surface area contributed by atoms with Gasteiger partial charge in [0.2, 0.25) is 16.0 Å². The maximum absolute atomic E-state index is 15.1. The van der Waals surface area contributed by atoms with Gasteiger partial charge in [-0.05, 0) is 56.9 Å². The smallest absolute Gasteiger partial charge is 0.265 e. The number of nitrogens with two attached hydrogens (primary N) is 1. The van der Waals surface area contributed by atoms with E-state index in [2.05, 4.69) is 15.9 Å². The van der Waals surface area contributed by atoms with Crippen molar-refractivity contribution in [2.24, 2.45) is 5.92 Å². The van der Waals surface area contributed by atoms with Gasteiger partial charge >= 0.3 is 0 Å². The molecule has 2 atom stereocenters. The summed E-state index contributed by atoms with van der Waals surface area (Å²) in [5.74, 6) is 1.48. The quantitative estimate of drug-likeness (QED) is 0.222. The second-order valence-corrected chi connectivity index (χ2v) is 14.0. The molecule has 0 amide bonds. The number of hydrogen-bond acceptors (Lipinski definition) is 8. The van der Waals surface area contributed by atoms with Crippen LogP contribution in [0.25, 0.3) is 33.5 Å². The molecule has 0 saturated heterocycles. The van der Waals surface area contributed by atoms with E-state index in [0.717, 1.165) is 23.1 Å². The number of imidazole rings is 2. The number of nitrogens with zero attached hydrogens (tertiary/aromatic N) is 3. The number of anilines is 1. The van der Waals surface area contributed by atoms with Gasteiger partial charge in [0.05, 0.1) is 39.8 Å². The molecule has 2 aromatic heterocycles. The number of benzene rings is 2. The molecular formula is C27H28FN5O5S2. The zero-order chi connectivity index (χ0) is 29.0. The summed E-state index contributed by atoms with van der Waals surface area (Å²) in [5.41, 5.74) is 7.93. The summed E-state index contributed by atoms with van der Waals surface area (Å²) in [4.78, 5) is 12.2. The standard InChI is InChI=1S/C27H28FN5O5S2/c1-5-22(38-39(4,34)35)23(16-10-11-16)26-31-24(25(32-26)18-8-6-7-9-19(18)28)17-12-13-20-21(14-17)33(27(29)30-20)40(36,37)15(2)3/h1,6-9,12-16,22-23H,10-11H2,2-4H3,(H2,29,30)(H,31,32). The lowest BCUT2D eigenvalue weighted by molar-refractivity contribution is 0.217. The zero-order valence-corrected chi connectivity index (χ0v) is 23.6. The molecule has 3 N–H and O–H groups in total. The average molecular weight is 586 g/mol. The minimum absolute atomic E-state index is 0.00941. The van der Waals surface area contributed by atoms with Crippen LogP contribution in [0.1, 0.15) is 38.4 Å². The summed E-state index contributed by atoms with van der Waals surface area (Å²) in [6.07, 6.45) is 7.08. The van der Waals surface area contributed by atoms with E-state index in [1.165, 1.54) is 6.07 Å². The lowest BCUT2D eigenvalue weighted by Gasteiger charge is -2.20. The maximum atomic E-state index is 15.1.